The average Bonchev–Trinajstić information content (AvgIpc) is 2.63. The van der Waals surface area contributed by atoms with Crippen molar-refractivity contribution >= 4 is 0 Å². The lowest BCUT2D eigenvalue weighted by Crippen LogP contribution is -2.11. The van der Waals surface area contributed by atoms with Gasteiger partial charge in [0, 0.05) is 24.9 Å². The van der Waals surface area contributed by atoms with Crippen molar-refractivity contribution in [2.75, 3.05) is 19.8 Å². The molecular formula is C10H19N3O. The van der Waals surface area contributed by atoms with E-state index in [1.54, 1.807) is 0 Å². The zero-order chi connectivity index (χ0) is 10.2. The van der Waals surface area contributed by atoms with Crippen molar-refractivity contribution in [2.24, 2.45) is 0 Å². The molecule has 1 aromatic heterocycles. The van der Waals surface area contributed by atoms with Crippen LogP contribution in [0.2, 0.25) is 0 Å². The Balaban J connectivity index is 2.27. The highest BCUT2D eigenvalue weighted by molar-refractivity contribution is 5.02. The number of nitrogens with zero attached hydrogens (tertiary/aromatic N) is 2. The van der Waals surface area contributed by atoms with Gasteiger partial charge in [-0.1, -0.05) is 6.92 Å². The number of ether oxygens (including phenoxy) is 1. The third-order valence-electron chi connectivity index (χ3n) is 1.93. The van der Waals surface area contributed by atoms with E-state index in [-0.39, 0.29) is 0 Å². The summed E-state index contributed by atoms with van der Waals surface area (Å²) < 4.78 is 7.17. The summed E-state index contributed by atoms with van der Waals surface area (Å²) in [6, 6.07) is 0. The molecule has 0 aliphatic heterocycles. The molecule has 0 spiro atoms. The molecule has 80 valence electrons. The van der Waals surface area contributed by atoms with Crippen molar-refractivity contribution in [1.29, 1.82) is 0 Å². The molecule has 0 amide bonds. The van der Waals surface area contributed by atoms with E-state index in [0.717, 1.165) is 32.8 Å². The monoisotopic (exact) mass is 197 g/mol. The topological polar surface area (TPSA) is 39.1 Å². The zero-order valence-corrected chi connectivity index (χ0v) is 8.99. The molecule has 0 radical (unpaired) electrons. The maximum atomic E-state index is 5.25. The van der Waals surface area contributed by atoms with Gasteiger partial charge in [-0.25, -0.2) is 0 Å². The molecule has 0 aliphatic rings. The van der Waals surface area contributed by atoms with Crippen LogP contribution in [0.15, 0.2) is 12.4 Å². The van der Waals surface area contributed by atoms with E-state index in [1.807, 2.05) is 17.8 Å². The summed E-state index contributed by atoms with van der Waals surface area (Å²) >= 11 is 0. The molecule has 1 rings (SSSR count). The molecule has 0 aromatic carbocycles. The second-order valence-electron chi connectivity index (χ2n) is 3.09. The van der Waals surface area contributed by atoms with E-state index >= 15 is 0 Å². The first-order chi connectivity index (χ1) is 6.86. The van der Waals surface area contributed by atoms with Gasteiger partial charge in [0.25, 0.3) is 0 Å². The predicted octanol–water partition coefficient (Wildman–Crippen LogP) is 1.03. The van der Waals surface area contributed by atoms with Gasteiger partial charge in [-0.05, 0) is 13.5 Å². The molecule has 14 heavy (non-hydrogen) atoms. The first-order valence-electron chi connectivity index (χ1n) is 5.16. The Bertz CT molecular complexity index is 247. The van der Waals surface area contributed by atoms with Crippen LogP contribution in [0.3, 0.4) is 0 Å². The summed E-state index contributed by atoms with van der Waals surface area (Å²) in [5, 5.41) is 7.50. The molecule has 4 heteroatoms. The summed E-state index contributed by atoms with van der Waals surface area (Å²) in [4.78, 5) is 0. The summed E-state index contributed by atoms with van der Waals surface area (Å²) in [5.74, 6) is 0. The standard InChI is InChI=1S/C10H19N3O/c1-3-11-7-10-8-12-13(9-10)5-6-14-4-2/h8-9,11H,3-7H2,1-2H3. The van der Waals surface area contributed by atoms with E-state index in [0.29, 0.717) is 0 Å². The second kappa shape index (κ2) is 6.56. The molecule has 1 N–H and O–H groups in total. The van der Waals surface area contributed by atoms with Gasteiger partial charge in [-0.2, -0.15) is 5.10 Å². The van der Waals surface area contributed by atoms with Crippen LogP contribution in [0.4, 0.5) is 0 Å². The first kappa shape index (κ1) is 11.2. The van der Waals surface area contributed by atoms with Gasteiger partial charge in [0.2, 0.25) is 0 Å². The molecule has 1 heterocycles. The van der Waals surface area contributed by atoms with Crippen molar-refractivity contribution < 1.29 is 4.74 Å². The van der Waals surface area contributed by atoms with Crippen LogP contribution < -0.4 is 5.32 Å². The Morgan fingerprint density at radius 2 is 2.36 bits per heavy atom. The Labute approximate surface area is 85.3 Å². The number of hydrogen-bond donors (Lipinski definition) is 1. The lowest BCUT2D eigenvalue weighted by Gasteiger charge is -2.00. The van der Waals surface area contributed by atoms with E-state index in [4.69, 9.17) is 4.74 Å². The smallest absolute Gasteiger partial charge is 0.0662 e. The number of hydrogen-bond acceptors (Lipinski definition) is 3. The number of nitrogens with one attached hydrogen (secondary N) is 1. The van der Waals surface area contributed by atoms with Crippen molar-refractivity contribution in [3.63, 3.8) is 0 Å². The fourth-order valence-electron chi connectivity index (χ4n) is 1.19. The Kier molecular flexibility index (Phi) is 5.25. The van der Waals surface area contributed by atoms with Crippen LogP contribution in [-0.4, -0.2) is 29.5 Å². The molecule has 0 saturated carbocycles. The largest absolute Gasteiger partial charge is 0.380 e. The first-order valence-corrected chi connectivity index (χ1v) is 5.16. The highest BCUT2D eigenvalue weighted by Gasteiger charge is 1.97. The van der Waals surface area contributed by atoms with E-state index in [9.17, 15) is 0 Å². The highest BCUT2D eigenvalue weighted by Crippen LogP contribution is 1.96. The fourth-order valence-corrected chi connectivity index (χ4v) is 1.19. The van der Waals surface area contributed by atoms with Gasteiger partial charge in [-0.3, -0.25) is 4.68 Å². The summed E-state index contributed by atoms with van der Waals surface area (Å²) in [6.07, 6.45) is 3.95. The van der Waals surface area contributed by atoms with Gasteiger partial charge in [0.15, 0.2) is 0 Å². The average molecular weight is 197 g/mol. The zero-order valence-electron chi connectivity index (χ0n) is 8.99. The van der Waals surface area contributed by atoms with Crippen LogP contribution >= 0.6 is 0 Å². The summed E-state index contributed by atoms with van der Waals surface area (Å²) in [7, 11) is 0. The highest BCUT2D eigenvalue weighted by atomic mass is 16.5. The fraction of sp³-hybridized carbons (Fsp3) is 0.700. The van der Waals surface area contributed by atoms with Gasteiger partial charge in [-0.15, -0.1) is 0 Å². The molecule has 0 bridgehead atoms. The Morgan fingerprint density at radius 1 is 1.50 bits per heavy atom. The summed E-state index contributed by atoms with van der Waals surface area (Å²) in [5.41, 5.74) is 1.23. The van der Waals surface area contributed by atoms with Crippen molar-refractivity contribution in [2.45, 2.75) is 26.9 Å². The molecule has 0 saturated heterocycles. The molecular weight excluding hydrogens is 178 g/mol. The minimum Gasteiger partial charge on any atom is -0.380 e. The van der Waals surface area contributed by atoms with Crippen LogP contribution in [0.5, 0.6) is 0 Å². The van der Waals surface area contributed by atoms with Crippen LogP contribution in [0.25, 0.3) is 0 Å². The second-order valence-corrected chi connectivity index (χ2v) is 3.09. The normalized spacial score (nSPS) is 10.7. The predicted molar refractivity (Wildman–Crippen MR) is 56.1 cm³/mol. The van der Waals surface area contributed by atoms with Crippen LogP contribution in [0.1, 0.15) is 19.4 Å². The molecule has 0 unspecified atom stereocenters. The molecule has 0 atom stereocenters. The Morgan fingerprint density at radius 3 is 3.07 bits per heavy atom. The van der Waals surface area contributed by atoms with E-state index < -0.39 is 0 Å². The molecule has 1 aromatic rings. The third kappa shape index (κ3) is 3.89. The Hall–Kier alpha value is -0.870. The number of rotatable bonds is 7. The minimum atomic E-state index is 0.735. The van der Waals surface area contributed by atoms with Gasteiger partial charge < -0.3 is 10.1 Å². The number of aromatic nitrogens is 2. The van der Waals surface area contributed by atoms with Crippen LogP contribution in [0, 0.1) is 0 Å². The quantitative estimate of drug-likeness (QED) is 0.664. The molecule has 0 aliphatic carbocycles. The van der Waals surface area contributed by atoms with E-state index in [1.165, 1.54) is 5.56 Å². The SMILES string of the molecule is CCNCc1cnn(CCOCC)c1. The third-order valence-corrected chi connectivity index (χ3v) is 1.93. The maximum Gasteiger partial charge on any atom is 0.0662 e. The lowest BCUT2D eigenvalue weighted by atomic mass is 10.3. The lowest BCUT2D eigenvalue weighted by molar-refractivity contribution is 0.136. The van der Waals surface area contributed by atoms with Crippen molar-refractivity contribution in [1.82, 2.24) is 15.1 Å². The van der Waals surface area contributed by atoms with Gasteiger partial charge in [0.1, 0.15) is 0 Å². The van der Waals surface area contributed by atoms with Crippen LogP contribution in [-0.2, 0) is 17.8 Å². The van der Waals surface area contributed by atoms with Gasteiger partial charge in [0.05, 0.1) is 19.3 Å². The maximum absolute atomic E-state index is 5.25. The molecule has 0 fully saturated rings. The van der Waals surface area contributed by atoms with Crippen molar-refractivity contribution in [3.8, 4) is 0 Å². The molecule has 4 nitrogen and oxygen atoms in total. The van der Waals surface area contributed by atoms with Gasteiger partial charge >= 0.3 is 0 Å². The minimum absolute atomic E-state index is 0.735. The van der Waals surface area contributed by atoms with Crippen molar-refractivity contribution in [3.05, 3.63) is 18.0 Å². The van der Waals surface area contributed by atoms with E-state index in [2.05, 4.69) is 23.5 Å². The summed E-state index contributed by atoms with van der Waals surface area (Å²) in [6.45, 7) is 8.32.